The van der Waals surface area contributed by atoms with Crippen molar-refractivity contribution in [3.05, 3.63) is 35.5 Å². The fraction of sp³-hybridized carbons (Fsp3) is 0.550. The Balaban J connectivity index is 1.63. The van der Waals surface area contributed by atoms with Gasteiger partial charge in [0.25, 0.3) is 0 Å². The van der Waals surface area contributed by atoms with Crippen molar-refractivity contribution in [1.82, 2.24) is 15.2 Å². The number of nitrogens with zero attached hydrogens (tertiary/aromatic N) is 1. The van der Waals surface area contributed by atoms with Gasteiger partial charge in [-0.3, -0.25) is 9.69 Å². The van der Waals surface area contributed by atoms with Gasteiger partial charge >= 0.3 is 0 Å². The van der Waals surface area contributed by atoms with E-state index in [2.05, 4.69) is 46.5 Å². The number of carbonyl (C=O) groups excluding carboxylic acids is 1. The fourth-order valence-corrected chi connectivity index (χ4v) is 4.92. The van der Waals surface area contributed by atoms with Gasteiger partial charge in [0.1, 0.15) is 0 Å². The van der Waals surface area contributed by atoms with Crippen molar-refractivity contribution in [3.8, 4) is 0 Å². The Morgan fingerprint density at radius 3 is 3.12 bits per heavy atom. The Labute approximate surface area is 149 Å². The SMILES string of the molecule is CCCN1C[C@H](CNC(=O)CN)C[C@@H]2c3cccc4[nH]cc(c34)C[C@H]21. The molecule has 0 saturated carbocycles. The van der Waals surface area contributed by atoms with E-state index in [1.807, 2.05) is 0 Å². The molecule has 1 saturated heterocycles. The maximum Gasteiger partial charge on any atom is 0.233 e. The smallest absolute Gasteiger partial charge is 0.233 e. The van der Waals surface area contributed by atoms with Gasteiger partial charge in [0.2, 0.25) is 5.91 Å². The predicted molar refractivity (Wildman–Crippen MR) is 101 cm³/mol. The fourth-order valence-electron chi connectivity index (χ4n) is 4.92. The molecule has 5 heteroatoms. The van der Waals surface area contributed by atoms with Crippen LogP contribution in [0.25, 0.3) is 10.9 Å². The third kappa shape index (κ3) is 2.96. The molecule has 2 aliphatic rings. The van der Waals surface area contributed by atoms with Crippen molar-refractivity contribution in [2.75, 3.05) is 26.2 Å². The minimum atomic E-state index is -0.0529. The molecular weight excluding hydrogens is 312 g/mol. The monoisotopic (exact) mass is 340 g/mol. The van der Waals surface area contributed by atoms with Gasteiger partial charge < -0.3 is 16.0 Å². The van der Waals surface area contributed by atoms with Gasteiger partial charge in [-0.25, -0.2) is 0 Å². The Morgan fingerprint density at radius 1 is 1.44 bits per heavy atom. The lowest BCUT2D eigenvalue weighted by molar-refractivity contribution is -0.120. The maximum absolute atomic E-state index is 11.6. The zero-order valence-corrected chi connectivity index (χ0v) is 14.9. The molecule has 4 N–H and O–H groups in total. The second kappa shape index (κ2) is 6.81. The molecule has 1 aromatic heterocycles. The zero-order chi connectivity index (χ0) is 17.4. The first-order valence-corrected chi connectivity index (χ1v) is 9.51. The summed E-state index contributed by atoms with van der Waals surface area (Å²) in [5.74, 6) is 0.981. The van der Waals surface area contributed by atoms with Crippen LogP contribution in [-0.2, 0) is 11.2 Å². The molecule has 4 rings (SSSR count). The van der Waals surface area contributed by atoms with Crippen LogP contribution in [0.15, 0.2) is 24.4 Å². The van der Waals surface area contributed by atoms with Crippen molar-refractivity contribution in [3.63, 3.8) is 0 Å². The molecule has 1 fully saturated rings. The third-order valence-corrected chi connectivity index (χ3v) is 5.95. The topological polar surface area (TPSA) is 74.2 Å². The average Bonchev–Trinajstić information content (AvgIpc) is 3.05. The Kier molecular flexibility index (Phi) is 4.52. The lowest BCUT2D eigenvalue weighted by Gasteiger charge is -2.47. The van der Waals surface area contributed by atoms with Crippen LogP contribution < -0.4 is 11.1 Å². The number of nitrogens with one attached hydrogen (secondary N) is 2. The zero-order valence-electron chi connectivity index (χ0n) is 14.9. The Hall–Kier alpha value is -1.85. The van der Waals surface area contributed by atoms with Crippen LogP contribution in [0, 0.1) is 5.92 Å². The molecule has 2 heterocycles. The Bertz CT molecular complexity index is 768. The number of fused-ring (bicyclic) bond motifs is 2. The molecule has 0 bridgehead atoms. The summed E-state index contributed by atoms with van der Waals surface area (Å²) in [6, 6.07) is 7.23. The van der Waals surface area contributed by atoms with Crippen LogP contribution in [0.4, 0.5) is 0 Å². The van der Waals surface area contributed by atoms with Gasteiger partial charge in [0.15, 0.2) is 0 Å². The van der Waals surface area contributed by atoms with Crippen LogP contribution in [0.5, 0.6) is 0 Å². The van der Waals surface area contributed by atoms with Crippen LogP contribution in [0.2, 0.25) is 0 Å². The summed E-state index contributed by atoms with van der Waals surface area (Å²) in [6.45, 7) is 5.24. The summed E-state index contributed by atoms with van der Waals surface area (Å²) in [5, 5.41) is 4.44. The molecule has 134 valence electrons. The molecule has 1 aliphatic carbocycles. The van der Waals surface area contributed by atoms with Crippen molar-refractivity contribution in [2.24, 2.45) is 11.7 Å². The molecule has 1 aliphatic heterocycles. The second-order valence-corrected chi connectivity index (χ2v) is 7.57. The lowest BCUT2D eigenvalue weighted by atomic mass is 9.72. The summed E-state index contributed by atoms with van der Waals surface area (Å²) in [6.07, 6.45) is 5.63. The second-order valence-electron chi connectivity index (χ2n) is 7.57. The molecule has 0 spiro atoms. The van der Waals surface area contributed by atoms with Gasteiger partial charge in [-0.05, 0) is 48.9 Å². The van der Waals surface area contributed by atoms with E-state index >= 15 is 0 Å². The van der Waals surface area contributed by atoms with E-state index < -0.39 is 0 Å². The summed E-state index contributed by atoms with van der Waals surface area (Å²) >= 11 is 0. The van der Waals surface area contributed by atoms with Crippen molar-refractivity contribution < 1.29 is 4.79 Å². The van der Waals surface area contributed by atoms with Crippen LogP contribution >= 0.6 is 0 Å². The lowest BCUT2D eigenvalue weighted by Crippen LogP contribution is -2.52. The number of hydrogen-bond donors (Lipinski definition) is 3. The molecule has 0 unspecified atom stereocenters. The van der Waals surface area contributed by atoms with Crippen molar-refractivity contribution in [1.29, 1.82) is 0 Å². The minimum Gasteiger partial charge on any atom is -0.361 e. The number of aromatic amines is 1. The van der Waals surface area contributed by atoms with Crippen molar-refractivity contribution >= 4 is 16.8 Å². The minimum absolute atomic E-state index is 0.0529. The number of nitrogens with two attached hydrogens (primary N) is 1. The molecule has 0 radical (unpaired) electrons. The van der Waals surface area contributed by atoms with Gasteiger partial charge in [-0.2, -0.15) is 0 Å². The maximum atomic E-state index is 11.6. The van der Waals surface area contributed by atoms with E-state index in [4.69, 9.17) is 5.73 Å². The molecular formula is C20H28N4O. The normalized spacial score (nSPS) is 25.8. The first-order valence-electron chi connectivity index (χ1n) is 9.51. The summed E-state index contributed by atoms with van der Waals surface area (Å²) in [5.41, 5.74) is 9.64. The van der Waals surface area contributed by atoms with Crippen molar-refractivity contribution in [2.45, 2.75) is 38.1 Å². The first-order chi connectivity index (χ1) is 12.2. The number of piperidine rings is 1. The largest absolute Gasteiger partial charge is 0.361 e. The standard InChI is InChI=1S/C20H28N4O/c1-2-6-24-12-13(10-23-19(25)9-21)7-16-15-4-3-5-17-20(15)14(11-22-17)8-18(16)24/h3-5,11,13,16,18,22H,2,6-10,12,21H2,1H3,(H,23,25)/t13-,16+,18+/m0/s1. The van der Waals surface area contributed by atoms with E-state index in [9.17, 15) is 4.79 Å². The molecule has 5 nitrogen and oxygen atoms in total. The summed E-state index contributed by atoms with van der Waals surface area (Å²) in [4.78, 5) is 17.7. The van der Waals surface area contributed by atoms with Gasteiger partial charge in [-0.15, -0.1) is 0 Å². The number of aromatic nitrogens is 1. The van der Waals surface area contributed by atoms with E-state index in [-0.39, 0.29) is 12.5 Å². The highest BCUT2D eigenvalue weighted by Crippen LogP contribution is 2.44. The van der Waals surface area contributed by atoms with E-state index in [0.717, 1.165) is 38.9 Å². The average molecular weight is 340 g/mol. The predicted octanol–water partition coefficient (Wildman–Crippen LogP) is 1.98. The first kappa shape index (κ1) is 16.6. The van der Waals surface area contributed by atoms with Crippen LogP contribution in [0.3, 0.4) is 0 Å². The number of H-pyrrole nitrogens is 1. The highest BCUT2D eigenvalue weighted by atomic mass is 16.1. The number of hydrogen-bond acceptors (Lipinski definition) is 3. The van der Waals surface area contributed by atoms with E-state index in [1.54, 1.807) is 0 Å². The molecule has 1 amide bonds. The van der Waals surface area contributed by atoms with Gasteiger partial charge in [-0.1, -0.05) is 19.1 Å². The number of benzene rings is 1. The quantitative estimate of drug-likeness (QED) is 0.779. The number of likely N-dealkylation sites (tertiary alicyclic amines) is 1. The van der Waals surface area contributed by atoms with E-state index in [1.165, 1.54) is 22.0 Å². The van der Waals surface area contributed by atoms with Crippen LogP contribution in [0.1, 0.15) is 36.8 Å². The number of amides is 1. The molecule has 2 aromatic rings. The van der Waals surface area contributed by atoms with Crippen LogP contribution in [-0.4, -0.2) is 48.0 Å². The third-order valence-electron chi connectivity index (χ3n) is 5.95. The summed E-state index contributed by atoms with van der Waals surface area (Å²) in [7, 11) is 0. The Morgan fingerprint density at radius 2 is 2.32 bits per heavy atom. The summed E-state index contributed by atoms with van der Waals surface area (Å²) < 4.78 is 0. The highest BCUT2D eigenvalue weighted by molar-refractivity contribution is 5.88. The van der Waals surface area contributed by atoms with Gasteiger partial charge in [0.05, 0.1) is 6.54 Å². The molecule has 3 atom stereocenters. The van der Waals surface area contributed by atoms with E-state index in [0.29, 0.717) is 17.9 Å². The number of rotatable bonds is 5. The number of carbonyl (C=O) groups is 1. The molecule has 25 heavy (non-hydrogen) atoms. The molecule has 1 aromatic carbocycles. The van der Waals surface area contributed by atoms with Gasteiger partial charge in [0, 0.05) is 42.1 Å². The highest BCUT2D eigenvalue weighted by Gasteiger charge is 2.40.